The van der Waals surface area contributed by atoms with E-state index < -0.39 is 0 Å². The third kappa shape index (κ3) is 3.60. The van der Waals surface area contributed by atoms with Crippen LogP contribution in [0.3, 0.4) is 0 Å². The van der Waals surface area contributed by atoms with E-state index in [2.05, 4.69) is 16.8 Å². The lowest BCUT2D eigenvalue weighted by Gasteiger charge is -2.43. The van der Waals surface area contributed by atoms with Crippen molar-refractivity contribution in [1.82, 2.24) is 15.0 Å². The van der Waals surface area contributed by atoms with Crippen LogP contribution in [-0.2, 0) is 6.61 Å². The summed E-state index contributed by atoms with van der Waals surface area (Å²) in [5.41, 5.74) is 3.31. The van der Waals surface area contributed by atoms with Gasteiger partial charge in [0.1, 0.15) is 5.69 Å². The Balaban J connectivity index is 1.64. The summed E-state index contributed by atoms with van der Waals surface area (Å²) < 4.78 is 10.6. The maximum absolute atomic E-state index is 10.1. The minimum atomic E-state index is -0.153. The van der Waals surface area contributed by atoms with Crippen molar-refractivity contribution in [3.63, 3.8) is 0 Å². The van der Waals surface area contributed by atoms with Gasteiger partial charge < -0.3 is 19.5 Å². The number of pyridine rings is 1. The minimum Gasteiger partial charge on any atom is -0.481 e. The molecule has 2 fully saturated rings. The largest absolute Gasteiger partial charge is 0.481 e. The van der Waals surface area contributed by atoms with Crippen molar-refractivity contribution in [2.45, 2.75) is 52.6 Å². The number of hydrogen-bond acceptors (Lipinski definition) is 7. The lowest BCUT2D eigenvalue weighted by atomic mass is 9.71. The second-order valence-corrected chi connectivity index (χ2v) is 8.64. The predicted molar refractivity (Wildman–Crippen MR) is 116 cm³/mol. The molecule has 0 radical (unpaired) electrons. The summed E-state index contributed by atoms with van der Waals surface area (Å²) >= 11 is 0. The lowest BCUT2D eigenvalue weighted by Crippen LogP contribution is -2.42. The second kappa shape index (κ2) is 8.38. The topological polar surface area (TPSA) is 80.6 Å². The summed E-state index contributed by atoms with van der Waals surface area (Å²) in [6, 6.07) is 3.65. The molecule has 7 heteroatoms. The fourth-order valence-electron chi connectivity index (χ4n) is 5.25. The van der Waals surface area contributed by atoms with E-state index >= 15 is 0 Å². The van der Waals surface area contributed by atoms with Gasteiger partial charge in [-0.3, -0.25) is 0 Å². The van der Waals surface area contributed by atoms with Gasteiger partial charge in [-0.15, -0.1) is 0 Å². The van der Waals surface area contributed by atoms with Crippen LogP contribution in [0, 0.1) is 18.3 Å². The zero-order valence-electron chi connectivity index (χ0n) is 18.4. The standard InChI is InChI=1S/C23H32N4O3/c1-15-6-5-9-23(15)10-12-27(13-11-23)21-18(14-28)25-20(16(2)24-21)17-7-8-19(29-3)26-22(17)30-4/h7-8,15,28H,5-6,9-14H2,1-4H3/t15-/m1/s1. The number of aliphatic hydroxyl groups is 1. The smallest absolute Gasteiger partial charge is 0.226 e. The van der Waals surface area contributed by atoms with Crippen LogP contribution in [0.25, 0.3) is 11.3 Å². The van der Waals surface area contributed by atoms with Crippen molar-refractivity contribution in [3.8, 4) is 23.0 Å². The quantitative estimate of drug-likeness (QED) is 0.801. The Labute approximate surface area is 178 Å². The van der Waals surface area contributed by atoms with Crippen molar-refractivity contribution in [2.75, 3.05) is 32.2 Å². The van der Waals surface area contributed by atoms with E-state index in [4.69, 9.17) is 19.4 Å². The van der Waals surface area contributed by atoms with Crippen LogP contribution < -0.4 is 14.4 Å². The number of anilines is 1. The molecule has 2 aromatic heterocycles. The van der Waals surface area contributed by atoms with Crippen molar-refractivity contribution < 1.29 is 14.6 Å². The average molecular weight is 413 g/mol. The van der Waals surface area contributed by atoms with Gasteiger partial charge in [-0.2, -0.15) is 4.98 Å². The molecule has 1 atom stereocenters. The molecule has 1 aliphatic heterocycles. The van der Waals surface area contributed by atoms with Crippen molar-refractivity contribution in [1.29, 1.82) is 0 Å². The normalized spacial score (nSPS) is 20.6. The van der Waals surface area contributed by atoms with Crippen LogP contribution >= 0.6 is 0 Å². The SMILES string of the molecule is COc1ccc(-c2nc(CO)c(N3CCC4(CCC[C@H]4C)CC3)nc2C)c(OC)n1. The number of rotatable bonds is 5. The van der Waals surface area contributed by atoms with Gasteiger partial charge in [0.25, 0.3) is 0 Å². The third-order valence-electron chi connectivity index (χ3n) is 7.18. The first-order chi connectivity index (χ1) is 14.5. The Kier molecular flexibility index (Phi) is 5.82. The number of ether oxygens (including phenoxy) is 2. The summed E-state index contributed by atoms with van der Waals surface area (Å²) in [4.78, 5) is 16.3. The fraction of sp³-hybridized carbons (Fsp3) is 0.609. The predicted octanol–water partition coefficient (Wildman–Crippen LogP) is 3.76. The van der Waals surface area contributed by atoms with Crippen LogP contribution in [0.2, 0.25) is 0 Å². The number of aryl methyl sites for hydroxylation is 1. The van der Waals surface area contributed by atoms with E-state index in [9.17, 15) is 5.11 Å². The van der Waals surface area contributed by atoms with Gasteiger partial charge >= 0.3 is 0 Å². The molecule has 1 saturated heterocycles. The number of aliphatic hydroxyl groups excluding tert-OH is 1. The highest BCUT2D eigenvalue weighted by Crippen LogP contribution is 2.50. The molecule has 30 heavy (non-hydrogen) atoms. The molecular weight excluding hydrogens is 380 g/mol. The molecule has 2 aliphatic rings. The first kappa shape index (κ1) is 20.8. The summed E-state index contributed by atoms with van der Waals surface area (Å²) in [5, 5.41) is 10.1. The van der Waals surface area contributed by atoms with Gasteiger partial charge in [0.05, 0.1) is 37.8 Å². The Morgan fingerprint density at radius 2 is 1.87 bits per heavy atom. The highest BCUT2D eigenvalue weighted by Gasteiger charge is 2.42. The van der Waals surface area contributed by atoms with Gasteiger partial charge in [0.2, 0.25) is 11.8 Å². The summed E-state index contributed by atoms with van der Waals surface area (Å²) in [6.07, 6.45) is 6.44. The van der Waals surface area contributed by atoms with Crippen LogP contribution in [-0.4, -0.2) is 47.4 Å². The maximum Gasteiger partial charge on any atom is 0.226 e. The van der Waals surface area contributed by atoms with Crippen molar-refractivity contribution in [2.24, 2.45) is 11.3 Å². The second-order valence-electron chi connectivity index (χ2n) is 8.64. The van der Waals surface area contributed by atoms with Gasteiger partial charge in [-0.1, -0.05) is 19.8 Å². The molecule has 0 bridgehead atoms. The van der Waals surface area contributed by atoms with E-state index in [1.165, 1.54) is 32.1 Å². The monoisotopic (exact) mass is 412 g/mol. The van der Waals surface area contributed by atoms with E-state index in [1.54, 1.807) is 20.3 Å². The number of hydrogen-bond donors (Lipinski definition) is 1. The maximum atomic E-state index is 10.1. The Bertz CT molecular complexity index is 910. The molecule has 162 valence electrons. The average Bonchev–Trinajstić information content (AvgIpc) is 3.13. The summed E-state index contributed by atoms with van der Waals surface area (Å²) in [5.74, 6) is 2.52. The van der Waals surface area contributed by atoms with E-state index in [0.717, 1.165) is 36.1 Å². The van der Waals surface area contributed by atoms with E-state index in [-0.39, 0.29) is 6.61 Å². The number of methoxy groups -OCH3 is 2. The van der Waals surface area contributed by atoms with Crippen molar-refractivity contribution in [3.05, 3.63) is 23.5 Å². The highest BCUT2D eigenvalue weighted by molar-refractivity contribution is 5.69. The fourth-order valence-corrected chi connectivity index (χ4v) is 5.25. The Morgan fingerprint density at radius 1 is 1.10 bits per heavy atom. The number of aromatic nitrogens is 3. The van der Waals surface area contributed by atoms with Gasteiger partial charge in [-0.05, 0) is 43.6 Å². The molecule has 1 spiro atoms. The molecular formula is C23H32N4O3. The zero-order valence-corrected chi connectivity index (χ0v) is 18.4. The Hall–Kier alpha value is -2.41. The van der Waals surface area contributed by atoms with Crippen LogP contribution in [0.1, 0.15) is 50.4 Å². The molecule has 0 amide bonds. The van der Waals surface area contributed by atoms with E-state index in [1.807, 2.05) is 13.0 Å². The summed E-state index contributed by atoms with van der Waals surface area (Å²) in [7, 11) is 3.14. The molecule has 4 rings (SSSR count). The van der Waals surface area contributed by atoms with Crippen LogP contribution in [0.15, 0.2) is 12.1 Å². The molecule has 1 aliphatic carbocycles. The van der Waals surface area contributed by atoms with E-state index in [0.29, 0.717) is 28.6 Å². The molecule has 7 nitrogen and oxygen atoms in total. The molecule has 2 aromatic rings. The third-order valence-corrected chi connectivity index (χ3v) is 7.18. The van der Waals surface area contributed by atoms with Gasteiger partial charge in [0.15, 0.2) is 5.82 Å². The lowest BCUT2D eigenvalue weighted by molar-refractivity contribution is 0.161. The zero-order chi connectivity index (χ0) is 21.3. The molecule has 1 N–H and O–H groups in total. The molecule has 0 aromatic carbocycles. The minimum absolute atomic E-state index is 0.153. The Morgan fingerprint density at radius 3 is 2.47 bits per heavy atom. The number of nitrogens with zero attached hydrogens (tertiary/aromatic N) is 4. The van der Waals surface area contributed by atoms with Crippen LogP contribution in [0.5, 0.6) is 11.8 Å². The molecule has 1 saturated carbocycles. The first-order valence-electron chi connectivity index (χ1n) is 10.8. The van der Waals surface area contributed by atoms with Gasteiger partial charge in [0, 0.05) is 19.2 Å². The first-order valence-corrected chi connectivity index (χ1v) is 10.8. The molecule has 0 unspecified atom stereocenters. The van der Waals surface area contributed by atoms with Gasteiger partial charge in [-0.25, -0.2) is 9.97 Å². The van der Waals surface area contributed by atoms with Crippen LogP contribution in [0.4, 0.5) is 5.82 Å². The molecule has 3 heterocycles. The summed E-state index contributed by atoms with van der Waals surface area (Å²) in [6.45, 7) is 6.15. The number of piperidine rings is 1. The van der Waals surface area contributed by atoms with Crippen molar-refractivity contribution >= 4 is 5.82 Å². The highest BCUT2D eigenvalue weighted by atomic mass is 16.5.